The molecule has 0 saturated carbocycles. The largest absolute Gasteiger partial charge is 0.392 e. The summed E-state index contributed by atoms with van der Waals surface area (Å²) in [6.07, 6.45) is 6.27. The number of hydrogen-bond acceptors (Lipinski definition) is 3. The van der Waals surface area contributed by atoms with Gasteiger partial charge in [-0.2, -0.15) is 0 Å². The van der Waals surface area contributed by atoms with Crippen molar-refractivity contribution in [3.63, 3.8) is 0 Å². The van der Waals surface area contributed by atoms with Crippen LogP contribution in [0.1, 0.15) is 65.7 Å². The molecule has 0 unspecified atom stereocenters. The minimum atomic E-state index is -0.679. The van der Waals surface area contributed by atoms with E-state index in [9.17, 15) is 4.79 Å². The van der Waals surface area contributed by atoms with E-state index in [1.165, 1.54) is 0 Å². The number of nitrogens with one attached hydrogen (secondary N) is 1. The summed E-state index contributed by atoms with van der Waals surface area (Å²) in [5.74, 6) is -0.0211. The monoisotopic (exact) mass is 316 g/mol. The summed E-state index contributed by atoms with van der Waals surface area (Å²) in [6, 6.07) is 0. The molecule has 3 N–H and O–H groups in total. The third-order valence-corrected chi connectivity index (χ3v) is 4.04. The van der Waals surface area contributed by atoms with Gasteiger partial charge in [0.1, 0.15) is 0 Å². The van der Waals surface area contributed by atoms with Crippen molar-refractivity contribution in [3.05, 3.63) is 0 Å². The first-order valence-electron chi connectivity index (χ1n) is 8.21. The highest BCUT2D eigenvalue weighted by atomic mass is 32.1. The van der Waals surface area contributed by atoms with E-state index in [2.05, 4.69) is 26.1 Å². The van der Waals surface area contributed by atoms with E-state index in [-0.39, 0.29) is 5.91 Å². The fourth-order valence-electron chi connectivity index (χ4n) is 2.46. The van der Waals surface area contributed by atoms with Gasteiger partial charge in [0.15, 0.2) is 0 Å². The smallest absolute Gasteiger partial charge is 0.233 e. The zero-order chi connectivity index (χ0) is 16.1. The van der Waals surface area contributed by atoms with Gasteiger partial charge in [-0.3, -0.25) is 4.79 Å². The molecule has 0 aromatic heterocycles. The molecule has 0 aromatic carbocycles. The Morgan fingerprint density at radius 2 is 1.67 bits per heavy atom. The van der Waals surface area contributed by atoms with E-state index >= 15 is 0 Å². The van der Waals surface area contributed by atoms with Crippen molar-refractivity contribution in [3.8, 4) is 0 Å². The fraction of sp³-hybridized carbons (Fsp3) is 0.875. The van der Waals surface area contributed by atoms with E-state index in [1.54, 1.807) is 0 Å². The van der Waals surface area contributed by atoms with Gasteiger partial charge in [0, 0.05) is 19.8 Å². The second kappa shape index (κ2) is 11.9. The van der Waals surface area contributed by atoms with Crippen LogP contribution in [0.4, 0.5) is 0 Å². The fourth-order valence-corrected chi connectivity index (χ4v) is 2.75. The van der Waals surface area contributed by atoms with E-state index in [0.717, 1.165) is 51.6 Å². The van der Waals surface area contributed by atoms with Crippen LogP contribution in [0.15, 0.2) is 0 Å². The maximum atomic E-state index is 12.5. The molecule has 0 aliphatic heterocycles. The van der Waals surface area contributed by atoms with Gasteiger partial charge < -0.3 is 15.8 Å². The Labute approximate surface area is 135 Å². The summed E-state index contributed by atoms with van der Waals surface area (Å²) >= 11 is 5.18. The van der Waals surface area contributed by atoms with E-state index in [0.29, 0.717) is 18.1 Å². The van der Waals surface area contributed by atoms with Crippen LogP contribution in [-0.2, 0) is 9.53 Å². The first-order chi connectivity index (χ1) is 10.0. The van der Waals surface area contributed by atoms with Crippen molar-refractivity contribution in [2.75, 3.05) is 19.8 Å². The van der Waals surface area contributed by atoms with Crippen LogP contribution < -0.4 is 11.1 Å². The quantitative estimate of drug-likeness (QED) is 0.404. The predicted octanol–water partition coefficient (Wildman–Crippen LogP) is 3.18. The predicted molar refractivity (Wildman–Crippen MR) is 92.4 cm³/mol. The number of ether oxygens (including phenoxy) is 1. The Kier molecular flexibility index (Phi) is 11.5. The summed E-state index contributed by atoms with van der Waals surface area (Å²) in [6.45, 7) is 8.34. The molecule has 0 saturated heterocycles. The van der Waals surface area contributed by atoms with Gasteiger partial charge in [-0.25, -0.2) is 0 Å². The minimum Gasteiger partial charge on any atom is -0.392 e. The van der Waals surface area contributed by atoms with Gasteiger partial charge in [0.25, 0.3) is 0 Å². The van der Waals surface area contributed by atoms with Gasteiger partial charge in [-0.15, -0.1) is 0 Å². The van der Waals surface area contributed by atoms with Gasteiger partial charge in [0.2, 0.25) is 5.91 Å². The standard InChI is InChI=1S/C16H32N2O2S/c1-4-7-12-20-13-8-11-18-15(19)16(9-5-2,10-6-3)14(17)21/h4-13H2,1-3H3,(H2,17,21)(H,18,19). The number of amides is 1. The Balaban J connectivity index is 4.26. The first-order valence-corrected chi connectivity index (χ1v) is 8.61. The number of unbranched alkanes of at least 4 members (excludes halogenated alkanes) is 1. The second-order valence-corrected chi connectivity index (χ2v) is 5.96. The number of carbonyl (C=O) groups excluding carboxylic acids is 1. The van der Waals surface area contributed by atoms with Gasteiger partial charge >= 0.3 is 0 Å². The van der Waals surface area contributed by atoms with Crippen LogP contribution in [0.25, 0.3) is 0 Å². The van der Waals surface area contributed by atoms with Crippen LogP contribution >= 0.6 is 12.2 Å². The molecule has 0 rings (SSSR count). The molecular formula is C16H32N2O2S. The molecule has 0 heterocycles. The number of carbonyl (C=O) groups is 1. The third-order valence-electron chi connectivity index (χ3n) is 3.65. The Bertz CT molecular complexity index is 303. The lowest BCUT2D eigenvalue weighted by molar-refractivity contribution is -0.128. The van der Waals surface area contributed by atoms with Crippen LogP contribution in [0.2, 0.25) is 0 Å². The molecule has 4 nitrogen and oxygen atoms in total. The van der Waals surface area contributed by atoms with Crippen molar-refractivity contribution in [2.24, 2.45) is 11.1 Å². The summed E-state index contributed by atoms with van der Waals surface area (Å²) in [5, 5.41) is 2.98. The summed E-state index contributed by atoms with van der Waals surface area (Å²) in [4.78, 5) is 12.8. The Hall–Kier alpha value is -0.680. The molecule has 21 heavy (non-hydrogen) atoms. The maximum absolute atomic E-state index is 12.5. The summed E-state index contributed by atoms with van der Waals surface area (Å²) in [7, 11) is 0. The lowest BCUT2D eigenvalue weighted by Gasteiger charge is -2.31. The highest BCUT2D eigenvalue weighted by Gasteiger charge is 2.39. The lowest BCUT2D eigenvalue weighted by atomic mass is 9.78. The number of rotatable bonds is 13. The molecule has 5 heteroatoms. The van der Waals surface area contributed by atoms with E-state index in [1.807, 2.05) is 0 Å². The summed E-state index contributed by atoms with van der Waals surface area (Å²) < 4.78 is 5.48. The van der Waals surface area contributed by atoms with E-state index in [4.69, 9.17) is 22.7 Å². The normalized spacial score (nSPS) is 11.4. The maximum Gasteiger partial charge on any atom is 0.233 e. The van der Waals surface area contributed by atoms with Gasteiger partial charge in [0.05, 0.1) is 10.4 Å². The SMILES string of the molecule is CCCCOCCCNC(=O)C(CCC)(CCC)C(N)=S. The van der Waals surface area contributed by atoms with Crippen molar-refractivity contribution >= 4 is 23.1 Å². The molecule has 1 amide bonds. The summed E-state index contributed by atoms with van der Waals surface area (Å²) in [5.41, 5.74) is 5.20. The average Bonchev–Trinajstić information content (AvgIpc) is 2.45. The average molecular weight is 317 g/mol. The van der Waals surface area contributed by atoms with Gasteiger partial charge in [-0.1, -0.05) is 52.3 Å². The molecule has 0 aromatic rings. The molecule has 0 radical (unpaired) electrons. The topological polar surface area (TPSA) is 64.3 Å². The highest BCUT2D eigenvalue weighted by Crippen LogP contribution is 2.30. The zero-order valence-electron chi connectivity index (χ0n) is 13.9. The zero-order valence-corrected chi connectivity index (χ0v) is 14.7. The highest BCUT2D eigenvalue weighted by molar-refractivity contribution is 7.80. The van der Waals surface area contributed by atoms with Crippen LogP contribution in [0.3, 0.4) is 0 Å². The Morgan fingerprint density at radius 3 is 2.14 bits per heavy atom. The molecule has 0 fully saturated rings. The Morgan fingerprint density at radius 1 is 1.10 bits per heavy atom. The number of thiocarbonyl (C=S) groups is 1. The number of nitrogens with two attached hydrogens (primary N) is 1. The van der Waals surface area contributed by atoms with Crippen molar-refractivity contribution in [1.82, 2.24) is 5.32 Å². The molecule has 0 bridgehead atoms. The third kappa shape index (κ3) is 7.23. The van der Waals surface area contributed by atoms with Crippen molar-refractivity contribution in [1.29, 1.82) is 0 Å². The minimum absolute atomic E-state index is 0.0211. The van der Waals surface area contributed by atoms with E-state index < -0.39 is 5.41 Å². The lowest BCUT2D eigenvalue weighted by Crippen LogP contribution is -2.49. The van der Waals surface area contributed by atoms with Crippen LogP contribution in [0, 0.1) is 5.41 Å². The van der Waals surface area contributed by atoms with Crippen LogP contribution in [-0.4, -0.2) is 30.7 Å². The van der Waals surface area contributed by atoms with Crippen molar-refractivity contribution in [2.45, 2.75) is 65.7 Å². The second-order valence-electron chi connectivity index (χ2n) is 5.52. The first kappa shape index (κ1) is 20.3. The molecule has 0 aliphatic rings. The van der Waals surface area contributed by atoms with Gasteiger partial charge in [-0.05, 0) is 25.7 Å². The number of hydrogen-bond donors (Lipinski definition) is 2. The molecule has 0 aliphatic carbocycles. The van der Waals surface area contributed by atoms with Crippen LogP contribution in [0.5, 0.6) is 0 Å². The molecular weight excluding hydrogens is 284 g/mol. The molecule has 0 atom stereocenters. The molecule has 124 valence electrons. The van der Waals surface area contributed by atoms with Crippen molar-refractivity contribution < 1.29 is 9.53 Å². The molecule has 0 spiro atoms.